The van der Waals surface area contributed by atoms with Gasteiger partial charge in [-0.15, -0.1) is 0 Å². The molecule has 1 fully saturated rings. The van der Waals surface area contributed by atoms with Gasteiger partial charge in [0.2, 0.25) is 0 Å². The Morgan fingerprint density at radius 3 is 3.06 bits per heavy atom. The molecule has 1 aromatic rings. The molecule has 3 atom stereocenters. The Kier molecular flexibility index (Phi) is 4.25. The summed E-state index contributed by atoms with van der Waals surface area (Å²) in [5.41, 5.74) is 0. The van der Waals surface area contributed by atoms with Crippen LogP contribution in [-0.2, 0) is 0 Å². The molecule has 2 amide bonds. The molecular weight excluding hydrogens is 232 g/mol. The summed E-state index contributed by atoms with van der Waals surface area (Å²) >= 11 is 0. The number of urea groups is 1. The fourth-order valence-electron chi connectivity index (χ4n) is 2.33. The Morgan fingerprint density at radius 2 is 2.44 bits per heavy atom. The van der Waals surface area contributed by atoms with Crippen molar-refractivity contribution < 1.29 is 14.3 Å². The van der Waals surface area contributed by atoms with Crippen LogP contribution in [-0.4, -0.2) is 23.8 Å². The van der Waals surface area contributed by atoms with Crippen LogP contribution in [0.2, 0.25) is 0 Å². The molecule has 0 aromatic carbocycles. The molecule has 0 aliphatic heterocycles. The average Bonchev–Trinajstić information content (AvgIpc) is 2.97. The van der Waals surface area contributed by atoms with Crippen LogP contribution in [0.3, 0.4) is 0 Å². The Bertz CT molecular complexity index is 378. The van der Waals surface area contributed by atoms with Gasteiger partial charge in [-0.2, -0.15) is 0 Å². The van der Waals surface area contributed by atoms with E-state index < -0.39 is 0 Å². The minimum absolute atomic E-state index is 0.144. The van der Waals surface area contributed by atoms with E-state index >= 15 is 0 Å². The number of carbonyl (C=O) groups is 1. The maximum atomic E-state index is 11.7. The molecule has 0 bridgehead atoms. The van der Waals surface area contributed by atoms with Crippen molar-refractivity contribution in [1.82, 2.24) is 10.6 Å². The number of nitrogens with one attached hydrogen (secondary N) is 2. The van der Waals surface area contributed by atoms with Gasteiger partial charge in [-0.05, 0) is 44.2 Å². The van der Waals surface area contributed by atoms with Crippen molar-refractivity contribution in [3.8, 4) is 0 Å². The molecule has 0 spiro atoms. The number of aliphatic hydroxyl groups is 1. The van der Waals surface area contributed by atoms with Crippen molar-refractivity contribution in [2.45, 2.75) is 38.3 Å². The van der Waals surface area contributed by atoms with Gasteiger partial charge in [0, 0.05) is 6.54 Å². The van der Waals surface area contributed by atoms with Crippen LogP contribution in [0.15, 0.2) is 22.8 Å². The highest BCUT2D eigenvalue weighted by atomic mass is 16.3. The molecule has 2 rings (SSSR count). The molecule has 100 valence electrons. The molecule has 1 saturated carbocycles. The highest BCUT2D eigenvalue weighted by molar-refractivity contribution is 5.74. The van der Waals surface area contributed by atoms with E-state index in [0.717, 1.165) is 25.0 Å². The summed E-state index contributed by atoms with van der Waals surface area (Å²) in [4.78, 5) is 11.7. The number of hydrogen-bond acceptors (Lipinski definition) is 3. The first-order valence-electron chi connectivity index (χ1n) is 6.41. The molecule has 1 heterocycles. The van der Waals surface area contributed by atoms with Crippen molar-refractivity contribution in [3.63, 3.8) is 0 Å². The third-order valence-corrected chi connectivity index (χ3v) is 3.38. The number of rotatable bonds is 4. The first-order chi connectivity index (χ1) is 8.65. The van der Waals surface area contributed by atoms with E-state index in [1.807, 2.05) is 13.0 Å². The molecule has 3 N–H and O–H groups in total. The standard InChI is InChI=1S/C13H20N2O3/c1-9(12-3-2-6-18-12)15-13(17)14-8-10-4-5-11(16)7-10/h2-3,6,9-11,16H,4-5,7-8H2,1H3,(H2,14,15,17)/t9-,10-,11+/m0/s1. The molecule has 1 aliphatic carbocycles. The van der Waals surface area contributed by atoms with E-state index in [4.69, 9.17) is 4.42 Å². The molecule has 5 nitrogen and oxygen atoms in total. The monoisotopic (exact) mass is 252 g/mol. The fourth-order valence-corrected chi connectivity index (χ4v) is 2.33. The minimum Gasteiger partial charge on any atom is -0.467 e. The number of amides is 2. The van der Waals surface area contributed by atoms with Crippen LogP contribution in [0.5, 0.6) is 0 Å². The second-order valence-electron chi connectivity index (χ2n) is 4.92. The largest absolute Gasteiger partial charge is 0.467 e. The van der Waals surface area contributed by atoms with Crippen molar-refractivity contribution in [2.75, 3.05) is 6.54 Å². The normalized spacial score (nSPS) is 24.8. The maximum Gasteiger partial charge on any atom is 0.315 e. The first kappa shape index (κ1) is 13.0. The fraction of sp³-hybridized carbons (Fsp3) is 0.615. The molecule has 0 radical (unpaired) electrons. The number of furan rings is 1. The summed E-state index contributed by atoms with van der Waals surface area (Å²) < 4.78 is 5.21. The van der Waals surface area contributed by atoms with Gasteiger partial charge in [0.1, 0.15) is 5.76 Å². The van der Waals surface area contributed by atoms with Crippen LogP contribution in [0.1, 0.15) is 38.0 Å². The summed E-state index contributed by atoms with van der Waals surface area (Å²) in [7, 11) is 0. The third kappa shape index (κ3) is 3.50. The molecule has 0 saturated heterocycles. The van der Waals surface area contributed by atoms with Crippen molar-refractivity contribution >= 4 is 6.03 Å². The van der Waals surface area contributed by atoms with Crippen LogP contribution in [0.4, 0.5) is 4.79 Å². The van der Waals surface area contributed by atoms with Gasteiger partial charge in [-0.25, -0.2) is 4.79 Å². The van der Waals surface area contributed by atoms with Gasteiger partial charge >= 0.3 is 6.03 Å². The van der Waals surface area contributed by atoms with Crippen molar-refractivity contribution in [2.24, 2.45) is 5.92 Å². The van der Waals surface area contributed by atoms with E-state index in [1.165, 1.54) is 0 Å². The van der Waals surface area contributed by atoms with E-state index in [9.17, 15) is 9.90 Å². The highest BCUT2D eigenvalue weighted by Gasteiger charge is 2.23. The molecule has 1 aliphatic rings. The topological polar surface area (TPSA) is 74.5 Å². The van der Waals surface area contributed by atoms with E-state index in [-0.39, 0.29) is 18.2 Å². The van der Waals surface area contributed by atoms with Crippen LogP contribution in [0.25, 0.3) is 0 Å². The van der Waals surface area contributed by atoms with Gasteiger partial charge in [0.15, 0.2) is 0 Å². The quantitative estimate of drug-likeness (QED) is 0.765. The predicted octanol–water partition coefficient (Wildman–Crippen LogP) is 1.80. The smallest absolute Gasteiger partial charge is 0.315 e. The Balaban J connectivity index is 1.69. The van der Waals surface area contributed by atoms with Crippen molar-refractivity contribution in [1.29, 1.82) is 0 Å². The predicted molar refractivity (Wildman–Crippen MR) is 67.0 cm³/mol. The number of aliphatic hydroxyl groups excluding tert-OH is 1. The van der Waals surface area contributed by atoms with E-state index in [2.05, 4.69) is 10.6 Å². The van der Waals surface area contributed by atoms with Crippen LogP contribution in [0, 0.1) is 5.92 Å². The number of hydrogen-bond donors (Lipinski definition) is 3. The minimum atomic E-state index is -0.194. The number of carbonyl (C=O) groups excluding carboxylic acids is 1. The zero-order valence-electron chi connectivity index (χ0n) is 10.6. The molecule has 18 heavy (non-hydrogen) atoms. The molecule has 1 aromatic heterocycles. The van der Waals surface area contributed by atoms with Gasteiger partial charge < -0.3 is 20.2 Å². The molecule has 5 heteroatoms. The van der Waals surface area contributed by atoms with Crippen molar-refractivity contribution in [3.05, 3.63) is 24.2 Å². The second kappa shape index (κ2) is 5.91. The van der Waals surface area contributed by atoms with Gasteiger partial charge in [0.05, 0.1) is 18.4 Å². The third-order valence-electron chi connectivity index (χ3n) is 3.38. The lowest BCUT2D eigenvalue weighted by Crippen LogP contribution is -2.39. The SMILES string of the molecule is C[C@H](NC(=O)NC[C@H]1CC[C@@H](O)C1)c1ccco1. The Morgan fingerprint density at radius 1 is 1.61 bits per heavy atom. The molecule has 0 unspecified atom stereocenters. The van der Waals surface area contributed by atoms with Crippen LogP contribution >= 0.6 is 0 Å². The summed E-state index contributed by atoms with van der Waals surface area (Å²) in [6.45, 7) is 2.49. The Labute approximate surface area is 107 Å². The lowest BCUT2D eigenvalue weighted by molar-refractivity contribution is 0.177. The van der Waals surface area contributed by atoms with Gasteiger partial charge in [-0.3, -0.25) is 0 Å². The molecular formula is C13H20N2O3. The summed E-state index contributed by atoms with van der Waals surface area (Å²) in [5.74, 6) is 1.13. The second-order valence-corrected chi connectivity index (χ2v) is 4.92. The van der Waals surface area contributed by atoms with Gasteiger partial charge in [-0.1, -0.05) is 0 Å². The lowest BCUT2D eigenvalue weighted by atomic mass is 10.1. The lowest BCUT2D eigenvalue weighted by Gasteiger charge is -2.14. The first-order valence-corrected chi connectivity index (χ1v) is 6.41. The average molecular weight is 252 g/mol. The summed E-state index contributed by atoms with van der Waals surface area (Å²) in [6.07, 6.45) is 4.01. The van der Waals surface area contributed by atoms with E-state index in [0.29, 0.717) is 12.5 Å². The zero-order chi connectivity index (χ0) is 13.0. The Hall–Kier alpha value is -1.49. The zero-order valence-corrected chi connectivity index (χ0v) is 10.6. The van der Waals surface area contributed by atoms with Gasteiger partial charge in [0.25, 0.3) is 0 Å². The summed E-state index contributed by atoms with van der Waals surface area (Å²) in [5, 5.41) is 15.0. The maximum absolute atomic E-state index is 11.7. The van der Waals surface area contributed by atoms with E-state index in [1.54, 1.807) is 12.3 Å². The van der Waals surface area contributed by atoms with Crippen LogP contribution < -0.4 is 10.6 Å². The highest BCUT2D eigenvalue weighted by Crippen LogP contribution is 2.24. The summed E-state index contributed by atoms with van der Waals surface area (Å²) in [6, 6.07) is 3.29.